The third kappa shape index (κ3) is 1.70. The highest BCUT2D eigenvalue weighted by molar-refractivity contribution is 5.47. The molecule has 0 bridgehead atoms. The number of halogens is 2. The van der Waals surface area contributed by atoms with Crippen LogP contribution in [0.25, 0.3) is 11.5 Å². The van der Waals surface area contributed by atoms with E-state index < -0.39 is 17.3 Å². The molecule has 1 aromatic carbocycles. The van der Waals surface area contributed by atoms with E-state index in [1.165, 1.54) is 12.1 Å². The molecule has 0 N–H and O–H groups in total. The van der Waals surface area contributed by atoms with Crippen LogP contribution in [-0.2, 0) is 0 Å². The Morgan fingerprint density at radius 3 is 2.55 bits per heavy atom. The van der Waals surface area contributed by atoms with Gasteiger partial charge in [0.2, 0.25) is 11.7 Å². The molecule has 0 aliphatic rings. The lowest BCUT2D eigenvalue weighted by atomic mass is 10.1. The fraction of sp³-hybridized carbons (Fsp3) is 0.154. The molecule has 0 spiro atoms. The van der Waals surface area contributed by atoms with Crippen molar-refractivity contribution >= 4 is 5.78 Å². The Labute approximate surface area is 112 Å². The summed E-state index contributed by atoms with van der Waals surface area (Å²) in [6.07, 6.45) is 1.12. The molecular formula is C13H10F2N4O. The van der Waals surface area contributed by atoms with Crippen molar-refractivity contribution in [2.24, 2.45) is 0 Å². The normalized spacial score (nSPS) is 11.2. The summed E-state index contributed by atoms with van der Waals surface area (Å²) in [5, 5.41) is 7.23. The van der Waals surface area contributed by atoms with Crippen LogP contribution in [0.4, 0.5) is 8.78 Å². The first-order chi connectivity index (χ1) is 9.49. The van der Waals surface area contributed by atoms with Crippen LogP contribution < -0.4 is 5.56 Å². The summed E-state index contributed by atoms with van der Waals surface area (Å²) in [4.78, 5) is 12.0. The van der Waals surface area contributed by atoms with E-state index in [1.54, 1.807) is 13.8 Å². The van der Waals surface area contributed by atoms with Crippen LogP contribution in [0, 0.1) is 25.6 Å². The second kappa shape index (κ2) is 4.22. The smallest absolute Gasteiger partial charge is 0.262 e. The van der Waals surface area contributed by atoms with Gasteiger partial charge in [-0.2, -0.15) is 4.39 Å². The van der Waals surface area contributed by atoms with Crippen molar-refractivity contribution in [3.8, 4) is 5.69 Å². The Kier molecular flexibility index (Phi) is 2.63. The van der Waals surface area contributed by atoms with Crippen molar-refractivity contribution in [2.75, 3.05) is 0 Å². The van der Waals surface area contributed by atoms with Gasteiger partial charge in [0.1, 0.15) is 12.1 Å². The molecule has 0 unspecified atom stereocenters. The van der Waals surface area contributed by atoms with Gasteiger partial charge in [-0.05, 0) is 37.1 Å². The quantitative estimate of drug-likeness (QED) is 0.637. The Balaban J connectivity index is 2.44. The predicted molar refractivity (Wildman–Crippen MR) is 68.0 cm³/mol. The standard InChI is InChI=1S/C13H10F2N4O/c1-7-3-9(14)10(4-8(7)2)19-12(20)5-11(15)18-6-16-17-13(18)19/h3-6H,1-2H3. The number of hydrogen-bond donors (Lipinski definition) is 0. The maximum absolute atomic E-state index is 14.1. The Bertz CT molecular complexity index is 882. The predicted octanol–water partition coefficient (Wildman–Crippen LogP) is 1.78. The van der Waals surface area contributed by atoms with Gasteiger partial charge >= 0.3 is 0 Å². The molecule has 0 aliphatic carbocycles. The fourth-order valence-corrected chi connectivity index (χ4v) is 2.03. The molecule has 3 aromatic rings. The number of aryl methyl sites for hydroxylation is 2. The number of aromatic nitrogens is 4. The van der Waals surface area contributed by atoms with Gasteiger partial charge in [-0.15, -0.1) is 10.2 Å². The van der Waals surface area contributed by atoms with Crippen molar-refractivity contribution in [3.63, 3.8) is 0 Å². The van der Waals surface area contributed by atoms with Gasteiger partial charge in [0.25, 0.3) is 5.56 Å². The molecule has 0 amide bonds. The summed E-state index contributed by atoms with van der Waals surface area (Å²) < 4.78 is 29.7. The Morgan fingerprint density at radius 1 is 1.10 bits per heavy atom. The van der Waals surface area contributed by atoms with Gasteiger partial charge in [0.05, 0.1) is 11.8 Å². The van der Waals surface area contributed by atoms with Gasteiger partial charge < -0.3 is 0 Å². The minimum absolute atomic E-state index is 0.0242. The van der Waals surface area contributed by atoms with Crippen LogP contribution in [0.5, 0.6) is 0 Å². The maximum atomic E-state index is 14.1. The molecule has 0 saturated heterocycles. The third-order valence-electron chi connectivity index (χ3n) is 3.23. The van der Waals surface area contributed by atoms with Crippen molar-refractivity contribution in [3.05, 3.63) is 57.8 Å². The molecule has 0 fully saturated rings. The second-order valence-corrected chi connectivity index (χ2v) is 4.53. The van der Waals surface area contributed by atoms with Crippen LogP contribution in [-0.4, -0.2) is 19.2 Å². The molecule has 2 aromatic heterocycles. The highest BCUT2D eigenvalue weighted by Crippen LogP contribution is 2.19. The van der Waals surface area contributed by atoms with E-state index >= 15 is 0 Å². The molecular weight excluding hydrogens is 266 g/mol. The summed E-state index contributed by atoms with van der Waals surface area (Å²) >= 11 is 0. The van der Waals surface area contributed by atoms with E-state index in [9.17, 15) is 13.6 Å². The van der Waals surface area contributed by atoms with Crippen LogP contribution in [0.3, 0.4) is 0 Å². The molecule has 20 heavy (non-hydrogen) atoms. The number of benzene rings is 1. The average molecular weight is 276 g/mol. The summed E-state index contributed by atoms with van der Waals surface area (Å²) in [7, 11) is 0. The first-order valence-corrected chi connectivity index (χ1v) is 5.87. The topological polar surface area (TPSA) is 52.2 Å². The maximum Gasteiger partial charge on any atom is 0.262 e. The molecule has 0 saturated carbocycles. The monoisotopic (exact) mass is 276 g/mol. The van der Waals surface area contributed by atoms with E-state index in [-0.39, 0.29) is 11.5 Å². The van der Waals surface area contributed by atoms with Crippen molar-refractivity contribution in [1.82, 2.24) is 19.2 Å². The zero-order valence-corrected chi connectivity index (χ0v) is 10.8. The van der Waals surface area contributed by atoms with E-state index in [4.69, 9.17) is 0 Å². The molecule has 0 atom stereocenters. The lowest BCUT2D eigenvalue weighted by Crippen LogP contribution is -2.22. The van der Waals surface area contributed by atoms with Gasteiger partial charge in [-0.25, -0.2) is 13.4 Å². The SMILES string of the molecule is Cc1cc(F)c(-n2c(=O)cc(F)n3cnnc23)cc1C. The third-order valence-corrected chi connectivity index (χ3v) is 3.23. The van der Waals surface area contributed by atoms with Gasteiger partial charge in [-0.1, -0.05) is 0 Å². The molecule has 7 heteroatoms. The number of nitrogens with zero attached hydrogens (tertiary/aromatic N) is 4. The van der Waals surface area contributed by atoms with E-state index in [2.05, 4.69) is 10.2 Å². The first-order valence-electron chi connectivity index (χ1n) is 5.87. The second-order valence-electron chi connectivity index (χ2n) is 4.53. The average Bonchev–Trinajstić information content (AvgIpc) is 2.84. The van der Waals surface area contributed by atoms with Crippen molar-refractivity contribution < 1.29 is 8.78 Å². The molecule has 3 rings (SSSR count). The van der Waals surface area contributed by atoms with Gasteiger partial charge in [0.15, 0.2) is 0 Å². The van der Waals surface area contributed by atoms with E-state index in [0.29, 0.717) is 0 Å². The minimum atomic E-state index is -0.796. The number of hydrogen-bond acceptors (Lipinski definition) is 3. The zero-order chi connectivity index (χ0) is 14.4. The fourth-order valence-electron chi connectivity index (χ4n) is 2.03. The van der Waals surface area contributed by atoms with E-state index in [0.717, 1.165) is 32.5 Å². The Hall–Kier alpha value is -2.57. The summed E-state index contributed by atoms with van der Waals surface area (Å²) in [6, 6.07) is 3.62. The van der Waals surface area contributed by atoms with Crippen molar-refractivity contribution in [1.29, 1.82) is 0 Å². The highest BCUT2D eigenvalue weighted by Gasteiger charge is 2.15. The van der Waals surface area contributed by atoms with Gasteiger partial charge in [0, 0.05) is 0 Å². The van der Waals surface area contributed by atoms with Crippen LogP contribution in [0.2, 0.25) is 0 Å². The van der Waals surface area contributed by atoms with Crippen LogP contribution >= 0.6 is 0 Å². The summed E-state index contributed by atoms with van der Waals surface area (Å²) in [5.74, 6) is -1.45. The molecule has 0 radical (unpaired) electrons. The lowest BCUT2D eigenvalue weighted by molar-refractivity contribution is 0.554. The molecule has 0 aliphatic heterocycles. The van der Waals surface area contributed by atoms with Crippen molar-refractivity contribution in [2.45, 2.75) is 13.8 Å². The van der Waals surface area contributed by atoms with Gasteiger partial charge in [-0.3, -0.25) is 4.79 Å². The molecule has 102 valence electrons. The largest absolute Gasteiger partial charge is 0.269 e. The minimum Gasteiger partial charge on any atom is -0.269 e. The summed E-state index contributed by atoms with van der Waals surface area (Å²) in [6.45, 7) is 3.57. The Morgan fingerprint density at radius 2 is 1.80 bits per heavy atom. The van der Waals surface area contributed by atoms with Crippen LogP contribution in [0.1, 0.15) is 11.1 Å². The highest BCUT2D eigenvalue weighted by atomic mass is 19.1. The van der Waals surface area contributed by atoms with Crippen LogP contribution in [0.15, 0.2) is 29.3 Å². The molecule has 5 nitrogen and oxygen atoms in total. The number of fused-ring (bicyclic) bond motifs is 1. The van der Waals surface area contributed by atoms with E-state index in [1.807, 2.05) is 0 Å². The first kappa shape index (κ1) is 12.5. The summed E-state index contributed by atoms with van der Waals surface area (Å²) in [5.41, 5.74) is 0.899. The lowest BCUT2D eigenvalue weighted by Gasteiger charge is -2.10. The number of rotatable bonds is 1. The zero-order valence-electron chi connectivity index (χ0n) is 10.8. The molecule has 2 heterocycles.